The Kier molecular flexibility index (Phi) is 6.74. The van der Waals surface area contributed by atoms with Crippen LogP contribution in [0.3, 0.4) is 0 Å². The first-order valence-electron chi connectivity index (χ1n) is 8.42. The number of nitrogens with zero attached hydrogens (tertiary/aromatic N) is 3. The number of halogens is 2. The summed E-state index contributed by atoms with van der Waals surface area (Å²) in [6, 6.07) is 12.5. The van der Waals surface area contributed by atoms with Crippen molar-refractivity contribution in [2.45, 2.75) is 25.4 Å². The van der Waals surface area contributed by atoms with E-state index in [2.05, 4.69) is 10.1 Å². The summed E-state index contributed by atoms with van der Waals surface area (Å²) >= 11 is 12.5. The van der Waals surface area contributed by atoms with Gasteiger partial charge in [-0.3, -0.25) is 0 Å². The maximum atomic E-state index is 6.57. The van der Waals surface area contributed by atoms with E-state index >= 15 is 0 Å². The zero-order valence-corrected chi connectivity index (χ0v) is 19.7. The van der Waals surface area contributed by atoms with Gasteiger partial charge in [-0.25, -0.2) is 9.67 Å². The Hall–Kier alpha value is -1.50. The minimum atomic E-state index is -1.02. The molecule has 0 N–H and O–H groups in total. The van der Waals surface area contributed by atoms with E-state index < -0.39 is 5.79 Å². The maximum absolute atomic E-state index is 6.57. The molecule has 0 amide bonds. The molecule has 1 fully saturated rings. The van der Waals surface area contributed by atoms with Gasteiger partial charge < -0.3 is 14.2 Å². The molecule has 1 aromatic heterocycles. The molecule has 0 saturated carbocycles. The fourth-order valence-electron chi connectivity index (χ4n) is 2.99. The second-order valence-electron chi connectivity index (χ2n) is 6.28. The largest absolute Gasteiger partial charge is 0.457 e. The first kappa shape index (κ1) is 21.2. The van der Waals surface area contributed by atoms with Crippen LogP contribution in [0.1, 0.15) is 12.5 Å². The van der Waals surface area contributed by atoms with Crippen LogP contribution in [0.5, 0.6) is 11.5 Å². The molecule has 2 heterocycles. The smallest absolute Gasteiger partial charge is 0.217 e. The van der Waals surface area contributed by atoms with Gasteiger partial charge in [0.05, 0.1) is 17.7 Å². The van der Waals surface area contributed by atoms with Gasteiger partial charge in [0.25, 0.3) is 0 Å². The Morgan fingerprint density at radius 2 is 1.93 bits per heavy atom. The van der Waals surface area contributed by atoms with E-state index in [-0.39, 0.29) is 25.6 Å². The minimum absolute atomic E-state index is 0. The Bertz CT molecular complexity index is 925. The number of ether oxygens (including phenoxy) is 3. The van der Waals surface area contributed by atoms with Gasteiger partial charge in [0, 0.05) is 30.1 Å². The van der Waals surface area contributed by atoms with Gasteiger partial charge in [-0.1, -0.05) is 23.2 Å². The zero-order valence-electron chi connectivity index (χ0n) is 15.2. The normalized spacial score (nSPS) is 21.3. The molecule has 0 unspecified atom stereocenters. The van der Waals surface area contributed by atoms with Crippen LogP contribution in [0.4, 0.5) is 0 Å². The van der Waals surface area contributed by atoms with E-state index in [0.717, 1.165) is 0 Å². The molecule has 9 heteroatoms. The first-order chi connectivity index (χ1) is 13.0. The second kappa shape index (κ2) is 8.89. The SMILES string of the molecule is C[C@H]1CO[C@](Cn2cncn2)(c2ccc(Oc3ccc(Cl)cc3)cc2Cl)O1.[Zn]. The Balaban J connectivity index is 0.00000225. The third-order valence-corrected chi connectivity index (χ3v) is 4.74. The van der Waals surface area contributed by atoms with Crippen LogP contribution in [-0.2, 0) is 41.3 Å². The van der Waals surface area contributed by atoms with E-state index in [1.54, 1.807) is 41.3 Å². The molecule has 2 aromatic carbocycles. The molecule has 0 bridgehead atoms. The van der Waals surface area contributed by atoms with Crippen LogP contribution in [0.25, 0.3) is 0 Å². The summed E-state index contributed by atoms with van der Waals surface area (Å²) in [4.78, 5) is 3.98. The van der Waals surface area contributed by atoms with Gasteiger partial charge >= 0.3 is 0 Å². The van der Waals surface area contributed by atoms with Gasteiger partial charge in [0.1, 0.15) is 30.7 Å². The molecular weight excluding hydrogens is 455 g/mol. The van der Waals surface area contributed by atoms with Crippen LogP contribution in [-0.4, -0.2) is 27.5 Å². The van der Waals surface area contributed by atoms with Gasteiger partial charge in [0.2, 0.25) is 5.79 Å². The Labute approximate surface area is 185 Å². The van der Waals surface area contributed by atoms with Crippen molar-refractivity contribution < 1.29 is 33.7 Å². The fourth-order valence-corrected chi connectivity index (χ4v) is 3.43. The average molecular weight is 472 g/mol. The quantitative estimate of drug-likeness (QED) is 0.507. The fraction of sp³-hybridized carbons (Fsp3) is 0.263. The molecule has 2 atom stereocenters. The van der Waals surface area contributed by atoms with Crippen molar-refractivity contribution in [3.8, 4) is 11.5 Å². The van der Waals surface area contributed by atoms with Crippen LogP contribution < -0.4 is 4.74 Å². The van der Waals surface area contributed by atoms with Gasteiger partial charge in [-0.2, -0.15) is 5.10 Å². The van der Waals surface area contributed by atoms with Gasteiger partial charge in [-0.15, -0.1) is 0 Å². The second-order valence-corrected chi connectivity index (χ2v) is 7.13. The van der Waals surface area contributed by atoms with Crippen molar-refractivity contribution >= 4 is 23.2 Å². The van der Waals surface area contributed by atoms with Crippen molar-refractivity contribution in [2.75, 3.05) is 6.61 Å². The van der Waals surface area contributed by atoms with Crippen LogP contribution >= 0.6 is 23.2 Å². The van der Waals surface area contributed by atoms with E-state index in [1.807, 2.05) is 19.1 Å². The van der Waals surface area contributed by atoms with Gasteiger partial charge in [0.15, 0.2) is 0 Å². The molecule has 1 aliphatic heterocycles. The molecular formula is C19H17Cl2N3O3Zn. The van der Waals surface area contributed by atoms with Crippen molar-refractivity contribution in [1.82, 2.24) is 14.8 Å². The predicted octanol–water partition coefficient (Wildman–Crippen LogP) is 4.66. The van der Waals surface area contributed by atoms with Crippen molar-refractivity contribution in [3.05, 3.63) is 70.7 Å². The standard InChI is InChI=1S/C19H17Cl2N3O3.Zn/c1-13-9-25-19(27-13,10-24-12-22-11-23-24)17-7-6-16(8-18(17)21)26-15-4-2-14(20)3-5-15;/h2-8,11-13H,9-10H2,1H3;/t13-,19-;/m0./s1. The van der Waals surface area contributed by atoms with E-state index in [1.165, 1.54) is 6.33 Å². The van der Waals surface area contributed by atoms with Gasteiger partial charge in [-0.05, 0) is 49.4 Å². The first-order valence-corrected chi connectivity index (χ1v) is 9.17. The van der Waals surface area contributed by atoms with E-state index in [4.69, 9.17) is 37.4 Å². The third-order valence-electron chi connectivity index (χ3n) is 4.18. The summed E-state index contributed by atoms with van der Waals surface area (Å²) in [7, 11) is 0. The number of aromatic nitrogens is 3. The summed E-state index contributed by atoms with van der Waals surface area (Å²) in [5.74, 6) is 0.249. The summed E-state index contributed by atoms with van der Waals surface area (Å²) < 4.78 is 19.6. The van der Waals surface area contributed by atoms with Crippen molar-refractivity contribution in [1.29, 1.82) is 0 Å². The molecule has 28 heavy (non-hydrogen) atoms. The topological polar surface area (TPSA) is 58.4 Å². The molecule has 1 aliphatic rings. The Morgan fingerprint density at radius 1 is 1.18 bits per heavy atom. The number of hydrogen-bond donors (Lipinski definition) is 0. The molecule has 0 spiro atoms. The molecule has 3 aromatic rings. The number of benzene rings is 2. The molecule has 6 nitrogen and oxygen atoms in total. The van der Waals surface area contributed by atoms with Crippen molar-refractivity contribution in [2.24, 2.45) is 0 Å². The summed E-state index contributed by atoms with van der Waals surface area (Å²) in [6.07, 6.45) is 3.02. The van der Waals surface area contributed by atoms with Crippen LogP contribution in [0, 0.1) is 0 Å². The molecule has 142 valence electrons. The molecule has 1 saturated heterocycles. The predicted molar refractivity (Wildman–Crippen MR) is 101 cm³/mol. The molecule has 0 aliphatic carbocycles. The number of hydrogen-bond acceptors (Lipinski definition) is 5. The van der Waals surface area contributed by atoms with Crippen LogP contribution in [0.15, 0.2) is 55.1 Å². The Morgan fingerprint density at radius 3 is 2.54 bits per heavy atom. The molecule has 0 radical (unpaired) electrons. The van der Waals surface area contributed by atoms with E-state index in [0.29, 0.717) is 40.3 Å². The van der Waals surface area contributed by atoms with Crippen LogP contribution in [0.2, 0.25) is 10.0 Å². The minimum Gasteiger partial charge on any atom is -0.457 e. The number of rotatable bonds is 5. The summed E-state index contributed by atoms with van der Waals surface area (Å²) in [5.41, 5.74) is 0.715. The van der Waals surface area contributed by atoms with Crippen molar-refractivity contribution in [3.63, 3.8) is 0 Å². The maximum Gasteiger partial charge on any atom is 0.217 e. The molecule has 4 rings (SSSR count). The average Bonchev–Trinajstić information content (AvgIpc) is 3.28. The summed E-state index contributed by atoms with van der Waals surface area (Å²) in [5, 5.41) is 5.28. The monoisotopic (exact) mass is 469 g/mol. The van der Waals surface area contributed by atoms with E-state index in [9.17, 15) is 0 Å². The third kappa shape index (κ3) is 4.56. The zero-order chi connectivity index (χ0) is 18.9. The summed E-state index contributed by atoms with van der Waals surface area (Å²) in [6.45, 7) is 2.76.